The van der Waals surface area contributed by atoms with Crippen LogP contribution in [0.5, 0.6) is 17.6 Å². The van der Waals surface area contributed by atoms with Crippen LogP contribution in [0.1, 0.15) is 71.6 Å². The normalized spacial score (nSPS) is 32.0. The molecule has 2 aromatic heterocycles. The van der Waals surface area contributed by atoms with E-state index in [-0.39, 0.29) is 86.2 Å². The van der Waals surface area contributed by atoms with Gasteiger partial charge in [0.15, 0.2) is 5.82 Å². The minimum Gasteiger partial charge on any atom is -0.508 e. The quantitative estimate of drug-likeness (QED) is 0.200. The van der Waals surface area contributed by atoms with Gasteiger partial charge in [-0.3, -0.25) is 4.90 Å². The molecule has 7 aliphatic rings. The lowest BCUT2D eigenvalue weighted by molar-refractivity contribution is -0.123. The van der Waals surface area contributed by atoms with Crippen molar-refractivity contribution in [2.45, 2.75) is 94.5 Å². The smallest absolute Gasteiger partial charge is 0.319 e. The van der Waals surface area contributed by atoms with E-state index in [4.69, 9.17) is 33.7 Å². The number of hydrogen-bond donors (Lipinski definition) is 2. The molecule has 14 heteroatoms. The van der Waals surface area contributed by atoms with E-state index in [9.17, 15) is 10.2 Å². The molecule has 0 unspecified atom stereocenters. The Morgan fingerprint density at radius 2 is 1.76 bits per heavy atom. The van der Waals surface area contributed by atoms with Gasteiger partial charge in [-0.15, -0.1) is 0 Å². The van der Waals surface area contributed by atoms with Gasteiger partial charge >= 0.3 is 6.01 Å². The molecule has 58 heavy (non-hydrogen) atoms. The Morgan fingerprint density at radius 1 is 0.948 bits per heavy atom. The second-order valence-corrected chi connectivity index (χ2v) is 18.6. The third-order valence-corrected chi connectivity index (χ3v) is 14.4. The van der Waals surface area contributed by atoms with Crippen molar-refractivity contribution in [2.24, 2.45) is 10.8 Å². The number of hydrogen-bond acceptors (Lipinski definition) is 12. The van der Waals surface area contributed by atoms with Crippen LogP contribution in [-0.4, -0.2) is 119 Å². The van der Waals surface area contributed by atoms with E-state index in [1.807, 2.05) is 4.90 Å². The molecule has 2 aliphatic carbocycles. The maximum atomic E-state index is 17.3. The zero-order chi connectivity index (χ0) is 40.1. The summed E-state index contributed by atoms with van der Waals surface area (Å²) in [6, 6.07) is 7.49. The summed E-state index contributed by atoms with van der Waals surface area (Å²) in [5.74, 6) is -1.31. The van der Waals surface area contributed by atoms with Crippen LogP contribution >= 0.6 is 0 Å². The summed E-state index contributed by atoms with van der Waals surface area (Å²) in [5, 5.41) is 22.6. The van der Waals surface area contributed by atoms with E-state index in [0.29, 0.717) is 31.2 Å². The van der Waals surface area contributed by atoms with Crippen molar-refractivity contribution in [1.82, 2.24) is 19.9 Å². The summed E-state index contributed by atoms with van der Waals surface area (Å²) in [7, 11) is 1.42. The minimum absolute atomic E-state index is 0.00629. The number of fused-ring (bicyclic) bond motifs is 3. The Balaban J connectivity index is 1.03. The SMILES string of the molecule is COc1nc(-c2cc(O)cc3cccc(F)c23)c(F)c2nc(OC[C@]34CCC[C@H]3N(CC35CC(C)(C3)OC53CCOCC3)CCC4)nc(N3CCOC[C@@](C)(O)C3)c12. The molecular formula is C44H53F2N5O7. The van der Waals surface area contributed by atoms with E-state index in [2.05, 4.69) is 16.8 Å². The predicted octanol–water partition coefficient (Wildman–Crippen LogP) is 6.56. The number of benzene rings is 2. The van der Waals surface area contributed by atoms with Crippen molar-refractivity contribution in [2.75, 3.05) is 71.2 Å². The van der Waals surface area contributed by atoms with Crippen molar-refractivity contribution in [3.63, 3.8) is 0 Å². The van der Waals surface area contributed by atoms with Crippen LogP contribution in [0.25, 0.3) is 32.9 Å². The topological polar surface area (TPSA) is 132 Å². The number of pyridine rings is 1. The number of likely N-dealkylation sites (tertiary alicyclic amines) is 1. The first-order valence-electron chi connectivity index (χ1n) is 20.9. The van der Waals surface area contributed by atoms with Crippen LogP contribution in [0.2, 0.25) is 0 Å². The standard InChI is InChI=1S/C44H53F2N5O7/c1-40(53)23-51(15-18-56-25-40)37-33-36(34(46)35(47-38(33)54-3)29-20-28(52)19-27-7-4-8-30(45)32(27)29)48-39(49-37)57-26-42-10-5-9-31(42)50(14-6-11-42)24-43-21-41(2,22-43)58-44(43)12-16-55-17-13-44/h4,7-8,19-20,31,52-53H,5-6,9-18,21-26H2,1-3H3/t31-,40+,41?,42-,43?/m1/s1. The number of aromatic hydroxyl groups is 1. The van der Waals surface area contributed by atoms with E-state index in [1.165, 1.54) is 31.4 Å². The van der Waals surface area contributed by atoms with Crippen LogP contribution in [0.15, 0.2) is 30.3 Å². The van der Waals surface area contributed by atoms with Crippen LogP contribution in [0.3, 0.4) is 0 Å². The average molecular weight is 802 g/mol. The van der Waals surface area contributed by atoms with Gasteiger partial charge in [-0.2, -0.15) is 9.97 Å². The zero-order valence-electron chi connectivity index (χ0n) is 33.6. The summed E-state index contributed by atoms with van der Waals surface area (Å²) < 4.78 is 63.7. The van der Waals surface area contributed by atoms with Crippen molar-refractivity contribution >= 4 is 27.5 Å². The molecule has 7 heterocycles. The predicted molar refractivity (Wildman–Crippen MR) is 212 cm³/mol. The molecule has 2 saturated carbocycles. The Labute approximate surface area is 336 Å². The first-order chi connectivity index (χ1) is 27.9. The first kappa shape index (κ1) is 38.3. The number of rotatable bonds is 8. The number of aliphatic hydroxyl groups is 1. The van der Waals surface area contributed by atoms with E-state index >= 15 is 8.78 Å². The molecule has 1 spiro atoms. The molecule has 2 aromatic carbocycles. The number of halogens is 2. The van der Waals surface area contributed by atoms with Gasteiger partial charge in [0.25, 0.3) is 0 Å². The zero-order valence-corrected chi connectivity index (χ0v) is 33.6. The average Bonchev–Trinajstić information content (AvgIpc) is 3.73. The van der Waals surface area contributed by atoms with Crippen LogP contribution < -0.4 is 14.4 Å². The van der Waals surface area contributed by atoms with E-state index in [1.54, 1.807) is 13.0 Å². The lowest BCUT2D eigenvalue weighted by atomic mass is 9.54. The van der Waals surface area contributed by atoms with Crippen molar-refractivity contribution in [3.8, 4) is 28.9 Å². The Hall–Kier alpha value is -3.95. The molecule has 5 saturated heterocycles. The lowest BCUT2D eigenvalue weighted by Crippen LogP contribution is -2.61. The number of ether oxygens (including phenoxy) is 5. The van der Waals surface area contributed by atoms with Crippen molar-refractivity contribution < 1.29 is 42.7 Å². The van der Waals surface area contributed by atoms with E-state index < -0.39 is 17.2 Å². The molecule has 3 atom stereocenters. The molecular weight excluding hydrogens is 749 g/mol. The molecule has 11 rings (SSSR count). The fourth-order valence-electron chi connectivity index (χ4n) is 12.2. The fourth-order valence-corrected chi connectivity index (χ4v) is 12.2. The maximum Gasteiger partial charge on any atom is 0.319 e. The lowest BCUT2D eigenvalue weighted by Gasteiger charge is -2.54. The number of methoxy groups -OCH3 is 1. The highest BCUT2D eigenvalue weighted by Crippen LogP contribution is 2.69. The van der Waals surface area contributed by atoms with Gasteiger partial charge in [0.1, 0.15) is 39.6 Å². The highest BCUT2D eigenvalue weighted by Gasteiger charge is 2.73. The molecule has 2 bridgehead atoms. The first-order valence-corrected chi connectivity index (χ1v) is 20.9. The molecule has 0 radical (unpaired) electrons. The fraction of sp³-hybridized carbons (Fsp3) is 0.614. The molecule has 12 nitrogen and oxygen atoms in total. The third kappa shape index (κ3) is 6.11. The highest BCUT2D eigenvalue weighted by atomic mass is 19.1. The molecule has 4 aromatic rings. The molecule has 7 fully saturated rings. The van der Waals surface area contributed by atoms with Gasteiger partial charge in [0.2, 0.25) is 5.88 Å². The van der Waals surface area contributed by atoms with Crippen molar-refractivity contribution in [1.29, 1.82) is 0 Å². The van der Waals surface area contributed by atoms with Gasteiger partial charge < -0.3 is 38.8 Å². The number of phenols is 1. The summed E-state index contributed by atoms with van der Waals surface area (Å²) in [6.45, 7) is 8.75. The van der Waals surface area contributed by atoms with Gasteiger partial charge in [-0.1, -0.05) is 18.6 Å². The van der Waals surface area contributed by atoms with Gasteiger partial charge in [-0.05, 0) is 82.5 Å². The Bertz CT molecular complexity index is 2260. The minimum atomic E-state index is -1.24. The van der Waals surface area contributed by atoms with E-state index in [0.717, 1.165) is 84.1 Å². The van der Waals surface area contributed by atoms with Crippen LogP contribution in [-0.2, 0) is 14.2 Å². The number of β-amino-alcohol motifs (C(OH)–C–C–N with tert-alkyl or cyclic N) is 1. The number of piperidine rings is 1. The van der Waals surface area contributed by atoms with Gasteiger partial charge in [0, 0.05) is 67.0 Å². The molecule has 5 aliphatic heterocycles. The summed E-state index contributed by atoms with van der Waals surface area (Å²) >= 11 is 0. The third-order valence-electron chi connectivity index (χ3n) is 14.4. The second kappa shape index (κ2) is 13.8. The van der Waals surface area contributed by atoms with Crippen LogP contribution in [0, 0.1) is 22.5 Å². The number of phenolic OH excluding ortho intramolecular Hbond substituents is 1. The number of nitrogens with zero attached hydrogens (tertiary/aromatic N) is 5. The second-order valence-electron chi connectivity index (χ2n) is 18.6. The number of anilines is 1. The maximum absolute atomic E-state index is 17.3. The molecule has 310 valence electrons. The molecule has 0 amide bonds. The summed E-state index contributed by atoms with van der Waals surface area (Å²) in [6.07, 6.45) is 9.31. The van der Waals surface area contributed by atoms with Crippen LogP contribution in [0.4, 0.5) is 14.6 Å². The largest absolute Gasteiger partial charge is 0.508 e. The number of aromatic nitrogens is 3. The monoisotopic (exact) mass is 801 g/mol. The summed E-state index contributed by atoms with van der Waals surface area (Å²) in [5.41, 5.74) is -1.73. The summed E-state index contributed by atoms with van der Waals surface area (Å²) in [4.78, 5) is 18.8. The highest BCUT2D eigenvalue weighted by molar-refractivity contribution is 6.02. The Kier molecular flexibility index (Phi) is 9.10. The molecule has 2 N–H and O–H groups in total. The Morgan fingerprint density at radius 3 is 2.57 bits per heavy atom. The van der Waals surface area contributed by atoms with Gasteiger partial charge in [-0.25, -0.2) is 13.8 Å². The van der Waals surface area contributed by atoms with Gasteiger partial charge in [0.05, 0.1) is 44.7 Å². The van der Waals surface area contributed by atoms with Crippen molar-refractivity contribution in [3.05, 3.63) is 42.0 Å².